The molecule has 0 atom stereocenters. The monoisotopic (exact) mass is 386 g/mol. The third-order valence-electron chi connectivity index (χ3n) is 6.40. The van der Waals surface area contributed by atoms with Crippen molar-refractivity contribution in [3.05, 3.63) is 34.3 Å². The quantitative estimate of drug-likeness (QED) is 0.751. The van der Waals surface area contributed by atoms with Crippen LogP contribution in [0.3, 0.4) is 0 Å². The molecule has 1 saturated heterocycles. The number of rotatable bonds is 2. The Bertz CT molecular complexity index is 673. The largest absolute Gasteiger partial charge is 0.342 e. The van der Waals surface area contributed by atoms with E-state index in [1.807, 2.05) is 0 Å². The summed E-state index contributed by atoms with van der Waals surface area (Å²) in [5.74, 6) is 1.40. The molecule has 3 fully saturated rings. The van der Waals surface area contributed by atoms with Crippen molar-refractivity contribution in [2.75, 3.05) is 13.1 Å². The van der Waals surface area contributed by atoms with Gasteiger partial charge in [-0.25, -0.2) is 0 Å². The molecule has 1 aliphatic heterocycles. The lowest BCUT2D eigenvalue weighted by atomic mass is 9.48. The van der Waals surface area contributed by atoms with E-state index in [2.05, 4.69) is 51.2 Å². The van der Waals surface area contributed by atoms with Crippen molar-refractivity contribution in [2.24, 2.45) is 17.3 Å². The van der Waals surface area contributed by atoms with Crippen molar-refractivity contribution < 1.29 is 4.79 Å². The van der Waals surface area contributed by atoms with Gasteiger partial charge in [0.15, 0.2) is 0 Å². The van der Waals surface area contributed by atoms with E-state index in [1.165, 1.54) is 10.0 Å². The topological polar surface area (TPSA) is 44.1 Å². The van der Waals surface area contributed by atoms with Crippen LogP contribution in [0, 0.1) is 28.6 Å². The number of halogens is 1. The molecule has 0 radical (unpaired) electrons. The summed E-state index contributed by atoms with van der Waals surface area (Å²) in [5.41, 5.74) is 1.73. The number of piperidine rings is 1. The minimum atomic E-state index is 0.227. The second-order valence-corrected chi connectivity index (χ2v) is 8.81. The minimum Gasteiger partial charge on any atom is -0.342 e. The lowest BCUT2D eigenvalue weighted by Crippen LogP contribution is -2.53. The number of likely N-dealkylation sites (tertiary alicyclic amines) is 1. The summed E-state index contributed by atoms with van der Waals surface area (Å²) in [7, 11) is 0. The molecule has 1 amide bonds. The fourth-order valence-corrected chi connectivity index (χ4v) is 5.65. The summed E-state index contributed by atoms with van der Waals surface area (Å²) in [6, 6.07) is 10.8. The number of hydrogen-bond donors (Lipinski definition) is 0. The van der Waals surface area contributed by atoms with E-state index < -0.39 is 0 Å². The molecule has 24 heavy (non-hydrogen) atoms. The number of benzene rings is 1. The molecule has 2 aliphatic carbocycles. The van der Waals surface area contributed by atoms with Crippen molar-refractivity contribution >= 4 is 21.8 Å². The molecular weight excluding hydrogens is 364 g/mol. The van der Waals surface area contributed by atoms with Crippen molar-refractivity contribution in [1.82, 2.24) is 4.90 Å². The van der Waals surface area contributed by atoms with E-state index in [0.717, 1.165) is 51.6 Å². The van der Waals surface area contributed by atoms with Crippen LogP contribution in [-0.2, 0) is 4.79 Å². The van der Waals surface area contributed by atoms with Crippen molar-refractivity contribution in [2.45, 2.75) is 44.4 Å². The molecule has 0 N–H and O–H groups in total. The molecule has 4 heteroatoms. The number of hydrogen-bond acceptors (Lipinski definition) is 2. The Morgan fingerprint density at radius 2 is 1.83 bits per heavy atom. The van der Waals surface area contributed by atoms with E-state index in [0.29, 0.717) is 17.2 Å². The first-order chi connectivity index (χ1) is 11.6. The highest BCUT2D eigenvalue weighted by Crippen LogP contribution is 2.61. The molecule has 0 bridgehead atoms. The second-order valence-electron chi connectivity index (χ2n) is 7.96. The van der Waals surface area contributed by atoms with Gasteiger partial charge in [0.25, 0.3) is 0 Å². The van der Waals surface area contributed by atoms with E-state index in [4.69, 9.17) is 5.26 Å². The molecule has 3 aliphatic rings. The fraction of sp³-hybridized carbons (Fsp3) is 0.600. The van der Waals surface area contributed by atoms with Crippen molar-refractivity contribution in [3.63, 3.8) is 0 Å². The minimum absolute atomic E-state index is 0.227. The summed E-state index contributed by atoms with van der Waals surface area (Å²) in [4.78, 5) is 14.8. The number of nitriles is 1. The van der Waals surface area contributed by atoms with Gasteiger partial charge in [0, 0.05) is 29.4 Å². The summed E-state index contributed by atoms with van der Waals surface area (Å²) >= 11 is 3.65. The van der Waals surface area contributed by atoms with E-state index >= 15 is 0 Å². The summed E-state index contributed by atoms with van der Waals surface area (Å²) < 4.78 is 1.19. The normalized spacial score (nSPS) is 32.8. The number of amides is 1. The highest BCUT2D eigenvalue weighted by molar-refractivity contribution is 9.10. The van der Waals surface area contributed by atoms with E-state index in [1.54, 1.807) is 0 Å². The van der Waals surface area contributed by atoms with Gasteiger partial charge in [-0.1, -0.05) is 34.1 Å². The van der Waals surface area contributed by atoms with Gasteiger partial charge in [0.1, 0.15) is 0 Å². The number of carbonyl (C=O) groups is 1. The zero-order valence-corrected chi connectivity index (χ0v) is 15.5. The Hall–Kier alpha value is -1.34. The third-order valence-corrected chi connectivity index (χ3v) is 7.12. The van der Waals surface area contributed by atoms with E-state index in [-0.39, 0.29) is 11.8 Å². The van der Waals surface area contributed by atoms with Crippen LogP contribution < -0.4 is 0 Å². The van der Waals surface area contributed by atoms with Crippen LogP contribution in [0.1, 0.15) is 50.0 Å². The van der Waals surface area contributed by atoms with Crippen LogP contribution in [-0.4, -0.2) is 23.9 Å². The van der Waals surface area contributed by atoms with E-state index in [9.17, 15) is 4.79 Å². The first-order valence-electron chi connectivity index (χ1n) is 9.03. The smallest absolute Gasteiger partial charge is 0.225 e. The average molecular weight is 387 g/mol. The zero-order chi connectivity index (χ0) is 16.7. The Labute approximate surface area is 152 Å². The number of carbonyl (C=O) groups excluding carboxylic acids is 1. The SMILES string of the molecule is N#CC1CC2(C1)CC(C(=O)N1CCC(c3ccccc3Br)CC1)C2. The molecule has 0 aromatic heterocycles. The zero-order valence-electron chi connectivity index (χ0n) is 13.9. The first-order valence-corrected chi connectivity index (χ1v) is 9.82. The third kappa shape index (κ3) is 2.77. The molecule has 0 unspecified atom stereocenters. The van der Waals surface area contributed by atoms with Crippen LogP contribution in [0.15, 0.2) is 28.7 Å². The molecule has 3 nitrogen and oxygen atoms in total. The molecule has 1 aromatic rings. The lowest BCUT2D eigenvalue weighted by molar-refractivity contribution is -0.150. The van der Waals surface area contributed by atoms with Gasteiger partial charge >= 0.3 is 0 Å². The molecule has 1 spiro atoms. The maximum Gasteiger partial charge on any atom is 0.225 e. The number of nitrogens with zero attached hydrogens (tertiary/aromatic N) is 2. The van der Waals surface area contributed by atoms with Gasteiger partial charge in [0.05, 0.1) is 6.07 Å². The molecule has 4 rings (SSSR count). The average Bonchev–Trinajstić information content (AvgIpc) is 2.53. The molecule has 1 aromatic carbocycles. The highest BCUT2D eigenvalue weighted by atomic mass is 79.9. The highest BCUT2D eigenvalue weighted by Gasteiger charge is 2.55. The maximum atomic E-state index is 12.7. The standard InChI is InChI=1S/C20H23BrN2O/c21-18-4-2-1-3-17(18)15-5-7-23(8-6-15)19(24)16-11-20(12-16)9-14(10-20)13-22/h1-4,14-16H,5-12H2. The van der Waals surface area contributed by atoms with Crippen LogP contribution in [0.5, 0.6) is 0 Å². The van der Waals surface area contributed by atoms with Gasteiger partial charge < -0.3 is 4.90 Å². The predicted octanol–water partition coefficient (Wildman–Crippen LogP) is 4.49. The fourth-order valence-electron chi connectivity index (χ4n) is 5.05. The van der Waals surface area contributed by atoms with Crippen LogP contribution in [0.25, 0.3) is 0 Å². The molecular formula is C20H23BrN2O. The van der Waals surface area contributed by atoms with Gasteiger partial charge in [-0.15, -0.1) is 0 Å². The van der Waals surface area contributed by atoms with Crippen LogP contribution >= 0.6 is 15.9 Å². The molecule has 2 saturated carbocycles. The van der Waals surface area contributed by atoms with Gasteiger partial charge in [-0.05, 0) is 61.5 Å². The summed E-state index contributed by atoms with van der Waals surface area (Å²) in [5, 5.41) is 8.93. The Kier molecular flexibility index (Phi) is 4.16. The van der Waals surface area contributed by atoms with Gasteiger partial charge in [-0.3, -0.25) is 4.79 Å². The van der Waals surface area contributed by atoms with Crippen LogP contribution in [0.4, 0.5) is 0 Å². The maximum absolute atomic E-state index is 12.7. The Morgan fingerprint density at radius 1 is 1.17 bits per heavy atom. The lowest BCUT2D eigenvalue weighted by Gasteiger charge is -2.56. The van der Waals surface area contributed by atoms with Gasteiger partial charge in [0.2, 0.25) is 5.91 Å². The first kappa shape index (κ1) is 16.1. The second kappa shape index (κ2) is 6.19. The van der Waals surface area contributed by atoms with Crippen LogP contribution in [0.2, 0.25) is 0 Å². The molecule has 126 valence electrons. The molecule has 1 heterocycles. The summed E-state index contributed by atoms with van der Waals surface area (Å²) in [6.07, 6.45) is 6.21. The predicted molar refractivity (Wildman–Crippen MR) is 96.2 cm³/mol. The van der Waals surface area contributed by atoms with Gasteiger partial charge in [-0.2, -0.15) is 5.26 Å². The summed E-state index contributed by atoms with van der Waals surface area (Å²) in [6.45, 7) is 1.77. The Morgan fingerprint density at radius 3 is 2.46 bits per heavy atom. The van der Waals surface area contributed by atoms with Crippen molar-refractivity contribution in [1.29, 1.82) is 5.26 Å². The van der Waals surface area contributed by atoms with Crippen molar-refractivity contribution in [3.8, 4) is 6.07 Å². The Balaban J connectivity index is 1.29.